The van der Waals surface area contributed by atoms with E-state index in [1.807, 2.05) is 30.5 Å². The number of imidazole rings is 1. The minimum Gasteiger partial charge on any atom is -0.497 e. The number of rotatable bonds is 5. The maximum atomic E-state index is 5.32. The standard InChI is InChI=1S/C18H21N3O/c1-13(2)10-17-20-16-8-5-9-19-18(16)21(17)12-14-6-4-7-15(11-14)22-3/h4-9,11,13H,10,12H2,1-3H3. The van der Waals surface area contributed by atoms with Gasteiger partial charge in [0, 0.05) is 12.6 Å². The van der Waals surface area contributed by atoms with E-state index >= 15 is 0 Å². The van der Waals surface area contributed by atoms with E-state index in [9.17, 15) is 0 Å². The van der Waals surface area contributed by atoms with Gasteiger partial charge in [-0.05, 0) is 35.7 Å². The first-order chi connectivity index (χ1) is 10.7. The Balaban J connectivity index is 2.03. The molecular weight excluding hydrogens is 274 g/mol. The summed E-state index contributed by atoms with van der Waals surface area (Å²) in [5.74, 6) is 2.52. The lowest BCUT2D eigenvalue weighted by Crippen LogP contribution is -2.08. The number of methoxy groups -OCH3 is 1. The molecule has 0 unspecified atom stereocenters. The smallest absolute Gasteiger partial charge is 0.160 e. The van der Waals surface area contributed by atoms with Crippen LogP contribution in [-0.2, 0) is 13.0 Å². The molecule has 3 rings (SSSR count). The van der Waals surface area contributed by atoms with Crippen molar-refractivity contribution < 1.29 is 4.74 Å². The average molecular weight is 295 g/mol. The number of hydrogen-bond acceptors (Lipinski definition) is 3. The van der Waals surface area contributed by atoms with E-state index < -0.39 is 0 Å². The lowest BCUT2D eigenvalue weighted by atomic mass is 10.1. The number of fused-ring (bicyclic) bond motifs is 1. The maximum Gasteiger partial charge on any atom is 0.160 e. The summed E-state index contributed by atoms with van der Waals surface area (Å²) in [6.07, 6.45) is 2.77. The van der Waals surface area contributed by atoms with Gasteiger partial charge >= 0.3 is 0 Å². The van der Waals surface area contributed by atoms with Crippen molar-refractivity contribution in [3.63, 3.8) is 0 Å². The van der Waals surface area contributed by atoms with Crippen molar-refractivity contribution in [3.05, 3.63) is 54.0 Å². The topological polar surface area (TPSA) is 39.9 Å². The van der Waals surface area contributed by atoms with Crippen LogP contribution in [0.2, 0.25) is 0 Å². The molecule has 0 aliphatic carbocycles. The Morgan fingerprint density at radius 2 is 2.05 bits per heavy atom. The minimum atomic E-state index is 0.556. The molecule has 0 aliphatic heterocycles. The van der Waals surface area contributed by atoms with Crippen LogP contribution < -0.4 is 4.74 Å². The van der Waals surface area contributed by atoms with Crippen LogP contribution in [0.25, 0.3) is 11.2 Å². The van der Waals surface area contributed by atoms with Crippen molar-refractivity contribution in [3.8, 4) is 5.75 Å². The van der Waals surface area contributed by atoms with Crippen molar-refractivity contribution in [1.82, 2.24) is 14.5 Å². The third-order valence-electron chi connectivity index (χ3n) is 3.65. The molecule has 22 heavy (non-hydrogen) atoms. The number of hydrogen-bond donors (Lipinski definition) is 0. The molecule has 0 spiro atoms. The Bertz CT molecular complexity index is 777. The molecule has 0 aliphatic rings. The summed E-state index contributed by atoms with van der Waals surface area (Å²) in [5, 5.41) is 0. The molecule has 0 N–H and O–H groups in total. The van der Waals surface area contributed by atoms with Crippen LogP contribution in [-0.4, -0.2) is 21.6 Å². The third kappa shape index (κ3) is 2.96. The Morgan fingerprint density at radius 3 is 2.82 bits per heavy atom. The van der Waals surface area contributed by atoms with Gasteiger partial charge in [0.15, 0.2) is 5.65 Å². The quantitative estimate of drug-likeness (QED) is 0.720. The molecular formula is C18H21N3O. The molecule has 4 heteroatoms. The number of nitrogens with zero attached hydrogens (tertiary/aromatic N) is 3. The second-order valence-electron chi connectivity index (χ2n) is 5.91. The predicted molar refractivity (Wildman–Crippen MR) is 88.2 cm³/mol. The van der Waals surface area contributed by atoms with Crippen LogP contribution in [0.3, 0.4) is 0 Å². The zero-order valence-corrected chi connectivity index (χ0v) is 13.3. The van der Waals surface area contributed by atoms with Crippen LogP contribution in [0.5, 0.6) is 5.75 Å². The predicted octanol–water partition coefficient (Wildman–Crippen LogP) is 3.69. The summed E-state index contributed by atoms with van der Waals surface area (Å²) in [5.41, 5.74) is 3.09. The van der Waals surface area contributed by atoms with Crippen LogP contribution in [0.4, 0.5) is 0 Å². The molecule has 1 aromatic carbocycles. The van der Waals surface area contributed by atoms with Crippen molar-refractivity contribution in [1.29, 1.82) is 0 Å². The first kappa shape index (κ1) is 14.6. The molecule has 2 aromatic heterocycles. The van der Waals surface area contributed by atoms with E-state index in [0.717, 1.165) is 35.7 Å². The van der Waals surface area contributed by atoms with E-state index in [2.05, 4.69) is 35.5 Å². The zero-order valence-electron chi connectivity index (χ0n) is 13.3. The Morgan fingerprint density at radius 1 is 1.18 bits per heavy atom. The fourth-order valence-electron chi connectivity index (χ4n) is 2.65. The van der Waals surface area contributed by atoms with Crippen molar-refractivity contribution in [2.75, 3.05) is 7.11 Å². The average Bonchev–Trinajstić information content (AvgIpc) is 2.84. The summed E-state index contributed by atoms with van der Waals surface area (Å²) < 4.78 is 7.53. The monoisotopic (exact) mass is 295 g/mol. The van der Waals surface area contributed by atoms with E-state index in [1.54, 1.807) is 7.11 Å². The summed E-state index contributed by atoms with van der Waals surface area (Å²) >= 11 is 0. The zero-order chi connectivity index (χ0) is 15.5. The highest BCUT2D eigenvalue weighted by molar-refractivity contribution is 5.71. The van der Waals surface area contributed by atoms with Crippen molar-refractivity contribution in [2.24, 2.45) is 5.92 Å². The van der Waals surface area contributed by atoms with Crippen LogP contribution >= 0.6 is 0 Å². The fraction of sp³-hybridized carbons (Fsp3) is 0.333. The maximum absolute atomic E-state index is 5.32. The first-order valence-corrected chi connectivity index (χ1v) is 7.60. The molecule has 3 aromatic rings. The van der Waals surface area contributed by atoms with Gasteiger partial charge in [-0.2, -0.15) is 0 Å². The Kier molecular flexibility index (Phi) is 4.09. The van der Waals surface area contributed by atoms with Crippen LogP contribution in [0, 0.1) is 5.92 Å². The van der Waals surface area contributed by atoms with Gasteiger partial charge < -0.3 is 9.30 Å². The summed E-state index contributed by atoms with van der Waals surface area (Å²) in [4.78, 5) is 9.28. The van der Waals surface area contributed by atoms with Gasteiger partial charge in [0.05, 0.1) is 13.7 Å². The molecule has 2 heterocycles. The molecule has 114 valence electrons. The largest absolute Gasteiger partial charge is 0.497 e. The summed E-state index contributed by atoms with van der Waals surface area (Å²) in [6.45, 7) is 5.18. The lowest BCUT2D eigenvalue weighted by Gasteiger charge is -2.11. The van der Waals surface area contributed by atoms with E-state index in [0.29, 0.717) is 5.92 Å². The molecule has 0 radical (unpaired) electrons. The van der Waals surface area contributed by atoms with Gasteiger partial charge in [0.1, 0.15) is 17.1 Å². The van der Waals surface area contributed by atoms with Gasteiger partial charge in [-0.3, -0.25) is 0 Å². The Labute approximate surface area is 130 Å². The highest BCUT2D eigenvalue weighted by Crippen LogP contribution is 2.20. The summed E-state index contributed by atoms with van der Waals surface area (Å²) in [6, 6.07) is 12.1. The van der Waals surface area contributed by atoms with E-state index in [4.69, 9.17) is 9.72 Å². The molecule has 0 saturated carbocycles. The van der Waals surface area contributed by atoms with E-state index in [1.165, 1.54) is 5.56 Å². The number of aromatic nitrogens is 3. The first-order valence-electron chi connectivity index (χ1n) is 7.60. The van der Waals surface area contributed by atoms with Gasteiger partial charge in [0.2, 0.25) is 0 Å². The van der Waals surface area contributed by atoms with Gasteiger partial charge in [-0.25, -0.2) is 9.97 Å². The molecule has 0 atom stereocenters. The Hall–Kier alpha value is -2.36. The molecule has 0 bridgehead atoms. The lowest BCUT2D eigenvalue weighted by molar-refractivity contribution is 0.414. The van der Waals surface area contributed by atoms with Crippen molar-refractivity contribution >= 4 is 11.2 Å². The number of ether oxygens (including phenoxy) is 1. The highest BCUT2D eigenvalue weighted by atomic mass is 16.5. The van der Waals surface area contributed by atoms with Crippen molar-refractivity contribution in [2.45, 2.75) is 26.8 Å². The summed E-state index contributed by atoms with van der Waals surface area (Å²) in [7, 11) is 1.69. The highest BCUT2D eigenvalue weighted by Gasteiger charge is 2.13. The molecule has 0 saturated heterocycles. The molecule has 0 amide bonds. The van der Waals surface area contributed by atoms with Crippen LogP contribution in [0.1, 0.15) is 25.2 Å². The number of pyridine rings is 1. The second-order valence-corrected chi connectivity index (χ2v) is 5.91. The van der Waals surface area contributed by atoms with Gasteiger partial charge in [-0.15, -0.1) is 0 Å². The minimum absolute atomic E-state index is 0.556. The fourth-order valence-corrected chi connectivity index (χ4v) is 2.65. The SMILES string of the molecule is COc1cccc(Cn2c(CC(C)C)nc3cccnc32)c1. The molecule has 4 nitrogen and oxygen atoms in total. The van der Waals surface area contributed by atoms with Crippen LogP contribution in [0.15, 0.2) is 42.6 Å². The normalized spacial score (nSPS) is 11.3. The van der Waals surface area contributed by atoms with E-state index in [-0.39, 0.29) is 0 Å². The second kappa shape index (κ2) is 6.18. The number of benzene rings is 1. The molecule has 0 fully saturated rings. The van der Waals surface area contributed by atoms with Gasteiger partial charge in [-0.1, -0.05) is 26.0 Å². The third-order valence-corrected chi connectivity index (χ3v) is 3.65. The van der Waals surface area contributed by atoms with Gasteiger partial charge in [0.25, 0.3) is 0 Å².